The highest BCUT2D eigenvalue weighted by Gasteiger charge is 2.22. The lowest BCUT2D eigenvalue weighted by Crippen LogP contribution is -2.37. The molecule has 0 radical (unpaired) electrons. The second-order valence-electron chi connectivity index (χ2n) is 5.58. The molecule has 2 amide bonds. The van der Waals surface area contributed by atoms with E-state index in [1.807, 2.05) is 30.3 Å². The van der Waals surface area contributed by atoms with E-state index < -0.39 is 6.03 Å². The zero-order valence-electron chi connectivity index (χ0n) is 13.1. The highest BCUT2D eigenvalue weighted by Crippen LogP contribution is 2.31. The molecule has 0 spiro atoms. The number of hydrogen-bond acceptors (Lipinski definition) is 3. The average Bonchev–Trinajstić information content (AvgIpc) is 2.78. The van der Waals surface area contributed by atoms with E-state index >= 15 is 0 Å². The van der Waals surface area contributed by atoms with Crippen LogP contribution in [0.4, 0.5) is 9.18 Å². The van der Waals surface area contributed by atoms with Gasteiger partial charge in [-0.3, -0.25) is 4.84 Å². The summed E-state index contributed by atoms with van der Waals surface area (Å²) in [5.74, 6) is 0.246. The zero-order chi connectivity index (χ0) is 16.8. The molecule has 0 bridgehead atoms. The van der Waals surface area contributed by atoms with E-state index in [0.29, 0.717) is 24.3 Å². The van der Waals surface area contributed by atoms with Gasteiger partial charge in [0.25, 0.3) is 0 Å². The smallest absolute Gasteiger partial charge is 0.339 e. The number of benzene rings is 2. The van der Waals surface area contributed by atoms with Crippen LogP contribution >= 0.6 is 0 Å². The number of carbonyl (C=O) groups is 1. The van der Waals surface area contributed by atoms with Gasteiger partial charge in [-0.25, -0.2) is 14.7 Å². The van der Waals surface area contributed by atoms with Crippen molar-refractivity contribution in [1.29, 1.82) is 0 Å². The maximum absolute atomic E-state index is 13.5. The van der Waals surface area contributed by atoms with E-state index in [1.165, 1.54) is 12.1 Å². The number of fused-ring (bicyclic) bond motifs is 1. The normalized spacial score (nSPS) is 16.5. The van der Waals surface area contributed by atoms with Gasteiger partial charge in [-0.15, -0.1) is 0 Å². The van der Waals surface area contributed by atoms with E-state index in [-0.39, 0.29) is 18.5 Å². The lowest BCUT2D eigenvalue weighted by molar-refractivity contribution is 0.0480. The van der Waals surface area contributed by atoms with Crippen LogP contribution < -0.4 is 15.5 Å². The van der Waals surface area contributed by atoms with E-state index in [9.17, 15) is 9.18 Å². The number of rotatable bonds is 4. The number of urea groups is 1. The van der Waals surface area contributed by atoms with Gasteiger partial charge in [-0.05, 0) is 36.6 Å². The predicted molar refractivity (Wildman–Crippen MR) is 86.8 cm³/mol. The number of halogens is 1. The summed E-state index contributed by atoms with van der Waals surface area (Å²) in [7, 11) is 0. The highest BCUT2D eigenvalue weighted by atomic mass is 19.1. The summed E-state index contributed by atoms with van der Waals surface area (Å²) in [6.07, 6.45) is 1.44. The van der Waals surface area contributed by atoms with Crippen LogP contribution in [-0.4, -0.2) is 12.6 Å². The molecule has 1 heterocycles. The maximum Gasteiger partial charge on any atom is 0.339 e. The van der Waals surface area contributed by atoms with E-state index in [1.54, 1.807) is 6.07 Å². The van der Waals surface area contributed by atoms with Crippen molar-refractivity contribution < 1.29 is 18.8 Å². The molecule has 0 saturated heterocycles. The Morgan fingerprint density at radius 3 is 2.92 bits per heavy atom. The van der Waals surface area contributed by atoms with Crippen molar-refractivity contribution in [2.75, 3.05) is 6.61 Å². The van der Waals surface area contributed by atoms with Gasteiger partial charge in [0.05, 0.1) is 19.3 Å². The first-order valence-electron chi connectivity index (χ1n) is 7.87. The topological polar surface area (TPSA) is 59.6 Å². The van der Waals surface area contributed by atoms with Gasteiger partial charge in [0.15, 0.2) is 0 Å². The SMILES string of the molecule is O=C(NOCc1ccccc1)N[C@H]1CCCOc2ccc(F)cc21. The van der Waals surface area contributed by atoms with Crippen molar-refractivity contribution in [2.24, 2.45) is 0 Å². The third kappa shape index (κ3) is 4.23. The number of ether oxygens (including phenoxy) is 1. The fourth-order valence-electron chi connectivity index (χ4n) is 2.64. The summed E-state index contributed by atoms with van der Waals surface area (Å²) < 4.78 is 19.1. The molecule has 24 heavy (non-hydrogen) atoms. The minimum absolute atomic E-state index is 0.271. The fraction of sp³-hybridized carbons (Fsp3) is 0.278. The Bertz CT molecular complexity index is 694. The second kappa shape index (κ2) is 7.79. The van der Waals surface area contributed by atoms with Gasteiger partial charge < -0.3 is 10.1 Å². The largest absolute Gasteiger partial charge is 0.493 e. The first-order valence-corrected chi connectivity index (χ1v) is 7.87. The summed E-state index contributed by atoms with van der Waals surface area (Å²) >= 11 is 0. The van der Waals surface area contributed by atoms with Crippen LogP contribution in [0.5, 0.6) is 5.75 Å². The van der Waals surface area contributed by atoms with Crippen LogP contribution in [-0.2, 0) is 11.4 Å². The first kappa shape index (κ1) is 16.3. The molecule has 0 unspecified atom stereocenters. The Morgan fingerprint density at radius 1 is 1.25 bits per heavy atom. The highest BCUT2D eigenvalue weighted by molar-refractivity contribution is 5.73. The molecule has 1 aliphatic heterocycles. The summed E-state index contributed by atoms with van der Waals surface area (Å²) in [6.45, 7) is 0.816. The summed E-state index contributed by atoms with van der Waals surface area (Å²) in [4.78, 5) is 17.2. The molecule has 6 heteroatoms. The zero-order valence-corrected chi connectivity index (χ0v) is 13.1. The monoisotopic (exact) mass is 330 g/mol. The number of amides is 2. The lowest BCUT2D eigenvalue weighted by Gasteiger charge is -2.18. The average molecular weight is 330 g/mol. The Hall–Kier alpha value is -2.60. The predicted octanol–water partition coefficient (Wildman–Crippen LogP) is 3.47. The molecule has 3 rings (SSSR count). The molecule has 126 valence electrons. The second-order valence-corrected chi connectivity index (χ2v) is 5.58. The molecular formula is C18H19FN2O3. The van der Waals surface area contributed by atoms with E-state index in [0.717, 1.165) is 12.0 Å². The van der Waals surface area contributed by atoms with Gasteiger partial charge in [0.1, 0.15) is 11.6 Å². The Kier molecular flexibility index (Phi) is 5.28. The Labute approximate surface area is 139 Å². The van der Waals surface area contributed by atoms with Crippen LogP contribution in [0.2, 0.25) is 0 Å². The van der Waals surface area contributed by atoms with Gasteiger partial charge in [-0.1, -0.05) is 30.3 Å². The van der Waals surface area contributed by atoms with Crippen molar-refractivity contribution in [3.8, 4) is 5.75 Å². The van der Waals surface area contributed by atoms with E-state index in [4.69, 9.17) is 9.57 Å². The van der Waals surface area contributed by atoms with Crippen molar-refractivity contribution >= 4 is 6.03 Å². The molecule has 2 aromatic rings. The van der Waals surface area contributed by atoms with Gasteiger partial charge >= 0.3 is 6.03 Å². The van der Waals surface area contributed by atoms with Crippen LogP contribution in [0, 0.1) is 5.82 Å². The first-order chi connectivity index (χ1) is 11.7. The minimum Gasteiger partial charge on any atom is -0.493 e. The Balaban J connectivity index is 1.57. The number of hydrogen-bond donors (Lipinski definition) is 2. The molecule has 0 saturated carbocycles. The molecule has 1 atom stereocenters. The van der Waals surface area contributed by atoms with Crippen molar-refractivity contribution in [3.05, 3.63) is 65.5 Å². The minimum atomic E-state index is -0.465. The number of nitrogens with one attached hydrogen (secondary N) is 2. The van der Waals surface area contributed by atoms with Gasteiger partial charge in [0.2, 0.25) is 0 Å². The molecule has 0 fully saturated rings. The third-order valence-corrected chi connectivity index (χ3v) is 3.79. The molecular weight excluding hydrogens is 311 g/mol. The number of hydroxylamine groups is 1. The summed E-state index contributed by atoms with van der Waals surface area (Å²) in [5, 5.41) is 2.81. The third-order valence-electron chi connectivity index (χ3n) is 3.79. The van der Waals surface area contributed by atoms with Crippen LogP contribution in [0.25, 0.3) is 0 Å². The van der Waals surface area contributed by atoms with Crippen molar-refractivity contribution in [3.63, 3.8) is 0 Å². The molecule has 0 aliphatic carbocycles. The van der Waals surface area contributed by atoms with Crippen LogP contribution in [0.3, 0.4) is 0 Å². The van der Waals surface area contributed by atoms with E-state index in [2.05, 4.69) is 10.8 Å². The van der Waals surface area contributed by atoms with Crippen LogP contribution in [0.15, 0.2) is 48.5 Å². The maximum atomic E-state index is 13.5. The number of carbonyl (C=O) groups excluding carboxylic acids is 1. The summed E-state index contributed by atoms with van der Waals surface area (Å²) in [6, 6.07) is 13.1. The van der Waals surface area contributed by atoms with Crippen LogP contribution in [0.1, 0.15) is 30.0 Å². The summed E-state index contributed by atoms with van der Waals surface area (Å²) in [5.41, 5.74) is 3.96. The quantitative estimate of drug-likeness (QED) is 0.844. The lowest BCUT2D eigenvalue weighted by atomic mass is 10.0. The molecule has 0 aromatic heterocycles. The van der Waals surface area contributed by atoms with Crippen molar-refractivity contribution in [2.45, 2.75) is 25.5 Å². The van der Waals surface area contributed by atoms with Gasteiger partial charge in [-0.2, -0.15) is 0 Å². The molecule has 2 aromatic carbocycles. The standard InChI is InChI=1S/C18H19FN2O3/c19-14-8-9-17-15(11-14)16(7-4-10-23-17)20-18(22)21-24-12-13-5-2-1-3-6-13/h1-3,5-6,8-9,11,16H,4,7,10,12H2,(H2,20,21,22)/t16-/m0/s1. The van der Waals surface area contributed by atoms with Crippen molar-refractivity contribution in [1.82, 2.24) is 10.8 Å². The Morgan fingerprint density at radius 2 is 2.08 bits per heavy atom. The molecule has 2 N–H and O–H groups in total. The molecule has 5 nitrogen and oxygen atoms in total. The fourth-order valence-corrected chi connectivity index (χ4v) is 2.64. The van der Waals surface area contributed by atoms with Gasteiger partial charge in [0, 0.05) is 5.56 Å². The molecule has 1 aliphatic rings.